The Bertz CT molecular complexity index is 939. The molecule has 6 N–H and O–H groups in total. The SMILES string of the molecule is CCCCNc1ccc(C(=O)NCCCC[C@H](NC(=O)COCCOCCCC(=O)CCCC(=O)O)C(N)=O)cc1. The van der Waals surface area contributed by atoms with Crippen molar-refractivity contribution in [3.8, 4) is 0 Å². The van der Waals surface area contributed by atoms with Crippen molar-refractivity contribution in [3.05, 3.63) is 29.8 Å². The number of rotatable bonds is 25. The fourth-order valence-electron chi connectivity index (χ4n) is 3.77. The first-order valence-electron chi connectivity index (χ1n) is 14.3. The fourth-order valence-corrected chi connectivity index (χ4v) is 3.77. The van der Waals surface area contributed by atoms with Gasteiger partial charge in [-0.25, -0.2) is 0 Å². The highest BCUT2D eigenvalue weighted by atomic mass is 16.5. The average Bonchev–Trinajstić information content (AvgIpc) is 2.93. The molecule has 0 saturated heterocycles. The van der Waals surface area contributed by atoms with Crippen LogP contribution in [0.5, 0.6) is 0 Å². The first kappa shape index (κ1) is 35.5. The molecule has 0 heterocycles. The molecule has 12 nitrogen and oxygen atoms in total. The van der Waals surface area contributed by atoms with E-state index < -0.39 is 23.8 Å². The Balaban J connectivity index is 2.12. The van der Waals surface area contributed by atoms with Gasteiger partial charge in [-0.3, -0.25) is 24.0 Å². The highest BCUT2D eigenvalue weighted by Crippen LogP contribution is 2.10. The van der Waals surface area contributed by atoms with Gasteiger partial charge >= 0.3 is 5.97 Å². The number of nitrogens with two attached hydrogens (primary N) is 1. The third-order valence-electron chi connectivity index (χ3n) is 6.09. The van der Waals surface area contributed by atoms with Gasteiger partial charge in [-0.1, -0.05) is 13.3 Å². The first-order valence-corrected chi connectivity index (χ1v) is 14.3. The molecule has 0 bridgehead atoms. The van der Waals surface area contributed by atoms with E-state index in [0.29, 0.717) is 57.2 Å². The fraction of sp³-hybridized carbons (Fsp3) is 0.621. The molecule has 0 radical (unpaired) electrons. The number of ketones is 1. The Morgan fingerprint density at radius 3 is 2.24 bits per heavy atom. The standard InChI is InChI=1S/C29H46N4O8/c1-2-3-16-31-23-14-12-22(13-15-23)29(39)32-17-5-4-10-25(28(30)38)33-26(35)21-41-20-19-40-18-7-9-24(34)8-6-11-27(36)37/h12-15,25,31H,2-11,16-21H2,1H3,(H2,30,38)(H,32,39)(H,33,35)(H,36,37)/t25-/m0/s1. The Morgan fingerprint density at radius 2 is 1.56 bits per heavy atom. The van der Waals surface area contributed by atoms with Crippen molar-refractivity contribution in [1.29, 1.82) is 0 Å². The van der Waals surface area contributed by atoms with Crippen LogP contribution in [0, 0.1) is 0 Å². The summed E-state index contributed by atoms with van der Waals surface area (Å²) in [5.41, 5.74) is 6.96. The lowest BCUT2D eigenvalue weighted by Crippen LogP contribution is -2.45. The van der Waals surface area contributed by atoms with E-state index in [2.05, 4.69) is 22.9 Å². The Labute approximate surface area is 242 Å². The lowest BCUT2D eigenvalue weighted by Gasteiger charge is -2.15. The van der Waals surface area contributed by atoms with Gasteiger partial charge in [-0.2, -0.15) is 0 Å². The van der Waals surface area contributed by atoms with Gasteiger partial charge in [0.25, 0.3) is 5.91 Å². The number of aliphatic carboxylic acids is 1. The summed E-state index contributed by atoms with van der Waals surface area (Å²) in [6, 6.07) is 6.46. The molecule has 1 rings (SSSR count). The highest BCUT2D eigenvalue weighted by Gasteiger charge is 2.17. The number of ether oxygens (including phenoxy) is 2. The van der Waals surface area contributed by atoms with Gasteiger partial charge in [-0.05, 0) is 62.8 Å². The minimum atomic E-state index is -0.911. The monoisotopic (exact) mass is 578 g/mol. The summed E-state index contributed by atoms with van der Waals surface area (Å²) in [7, 11) is 0. The van der Waals surface area contributed by atoms with Gasteiger partial charge in [-0.15, -0.1) is 0 Å². The van der Waals surface area contributed by atoms with Crippen molar-refractivity contribution in [2.24, 2.45) is 5.73 Å². The van der Waals surface area contributed by atoms with Crippen LogP contribution in [0.3, 0.4) is 0 Å². The van der Waals surface area contributed by atoms with Crippen molar-refractivity contribution < 1.29 is 38.6 Å². The molecule has 1 aromatic rings. The summed E-state index contributed by atoms with van der Waals surface area (Å²) in [5, 5.41) is 17.3. The second kappa shape index (κ2) is 22.2. The summed E-state index contributed by atoms with van der Waals surface area (Å²) >= 11 is 0. The van der Waals surface area contributed by atoms with Gasteiger partial charge in [0.2, 0.25) is 11.8 Å². The van der Waals surface area contributed by atoms with Crippen LogP contribution in [-0.2, 0) is 28.7 Å². The second-order valence-corrected chi connectivity index (χ2v) is 9.69. The number of anilines is 1. The molecule has 0 saturated carbocycles. The Kier molecular flexibility index (Phi) is 19.2. The molecule has 0 fully saturated rings. The van der Waals surface area contributed by atoms with Gasteiger partial charge < -0.3 is 36.3 Å². The van der Waals surface area contributed by atoms with Gasteiger partial charge in [0.1, 0.15) is 18.4 Å². The molecule has 1 atom stereocenters. The van der Waals surface area contributed by atoms with E-state index in [1.54, 1.807) is 12.1 Å². The maximum atomic E-state index is 12.3. The van der Waals surface area contributed by atoms with Crippen LogP contribution in [0.1, 0.15) is 81.5 Å². The number of hydrogen-bond donors (Lipinski definition) is 5. The number of primary amides is 1. The molecule has 12 heteroatoms. The van der Waals surface area contributed by atoms with Crippen LogP contribution in [0.2, 0.25) is 0 Å². The topological polar surface area (TPSA) is 186 Å². The zero-order valence-electron chi connectivity index (χ0n) is 24.1. The summed E-state index contributed by atoms with van der Waals surface area (Å²) < 4.78 is 10.6. The average molecular weight is 579 g/mol. The summed E-state index contributed by atoms with van der Waals surface area (Å²) in [6.45, 7) is 3.96. The van der Waals surface area contributed by atoms with E-state index in [-0.39, 0.29) is 44.4 Å². The maximum absolute atomic E-state index is 12.3. The number of Topliss-reactive ketones (excluding diaryl/α,β-unsaturated/α-hetero) is 1. The quantitative estimate of drug-likeness (QED) is 0.109. The molecule has 0 aliphatic rings. The molecule has 0 spiro atoms. The number of hydrogen-bond acceptors (Lipinski definition) is 8. The number of carboxylic acid groups (broad SMARTS) is 1. The lowest BCUT2D eigenvalue weighted by molar-refractivity contribution is -0.137. The van der Waals surface area contributed by atoms with Crippen LogP contribution in [0.4, 0.5) is 5.69 Å². The predicted octanol–water partition coefficient (Wildman–Crippen LogP) is 2.41. The highest BCUT2D eigenvalue weighted by molar-refractivity contribution is 5.94. The van der Waals surface area contributed by atoms with Crippen molar-refractivity contribution in [2.75, 3.05) is 44.8 Å². The summed E-state index contributed by atoms with van der Waals surface area (Å²) in [5.74, 6) is -2.19. The van der Waals surface area contributed by atoms with E-state index >= 15 is 0 Å². The molecule has 0 aliphatic carbocycles. The van der Waals surface area contributed by atoms with E-state index in [1.165, 1.54) is 0 Å². The predicted molar refractivity (Wildman–Crippen MR) is 155 cm³/mol. The minimum Gasteiger partial charge on any atom is -0.481 e. The van der Waals surface area contributed by atoms with Crippen LogP contribution in [-0.4, -0.2) is 80.1 Å². The van der Waals surface area contributed by atoms with Gasteiger partial charge in [0.05, 0.1) is 13.2 Å². The number of nitrogens with one attached hydrogen (secondary N) is 3. The number of unbranched alkanes of at least 4 members (excludes halogenated alkanes) is 2. The molecular weight excluding hydrogens is 532 g/mol. The van der Waals surface area contributed by atoms with Crippen molar-refractivity contribution in [1.82, 2.24) is 10.6 Å². The molecule has 3 amide bonds. The maximum Gasteiger partial charge on any atom is 0.303 e. The second-order valence-electron chi connectivity index (χ2n) is 9.69. The first-order chi connectivity index (χ1) is 19.7. The molecule has 1 aromatic carbocycles. The van der Waals surface area contributed by atoms with Crippen LogP contribution < -0.4 is 21.7 Å². The number of carboxylic acids is 1. The van der Waals surface area contributed by atoms with Crippen LogP contribution >= 0.6 is 0 Å². The van der Waals surface area contributed by atoms with Gasteiger partial charge in [0.15, 0.2) is 0 Å². The lowest BCUT2D eigenvalue weighted by atomic mass is 10.1. The van der Waals surface area contributed by atoms with E-state index in [9.17, 15) is 24.0 Å². The molecule has 230 valence electrons. The van der Waals surface area contributed by atoms with Crippen molar-refractivity contribution in [2.45, 2.75) is 77.2 Å². The zero-order valence-corrected chi connectivity index (χ0v) is 24.1. The Hall–Kier alpha value is -3.51. The smallest absolute Gasteiger partial charge is 0.303 e. The van der Waals surface area contributed by atoms with Crippen molar-refractivity contribution >= 4 is 35.2 Å². The number of amides is 3. The number of carbonyl (C=O) groups is 5. The Morgan fingerprint density at radius 1 is 0.854 bits per heavy atom. The third-order valence-corrected chi connectivity index (χ3v) is 6.09. The zero-order chi connectivity index (χ0) is 30.3. The van der Waals surface area contributed by atoms with E-state index in [0.717, 1.165) is 25.1 Å². The summed E-state index contributed by atoms with van der Waals surface area (Å²) in [4.78, 5) is 58.2. The molecule has 0 aliphatic heterocycles. The molecule has 0 aromatic heterocycles. The third kappa shape index (κ3) is 18.5. The largest absolute Gasteiger partial charge is 0.481 e. The number of benzene rings is 1. The van der Waals surface area contributed by atoms with E-state index in [1.807, 2.05) is 12.1 Å². The number of carbonyl (C=O) groups excluding carboxylic acids is 4. The summed E-state index contributed by atoms with van der Waals surface area (Å²) in [6.07, 6.45) is 5.16. The molecule has 0 unspecified atom stereocenters. The normalized spacial score (nSPS) is 11.4. The molecule has 41 heavy (non-hydrogen) atoms. The van der Waals surface area contributed by atoms with E-state index in [4.69, 9.17) is 20.3 Å². The van der Waals surface area contributed by atoms with Crippen LogP contribution in [0.25, 0.3) is 0 Å². The van der Waals surface area contributed by atoms with Crippen LogP contribution in [0.15, 0.2) is 24.3 Å². The molecular formula is C29H46N4O8. The van der Waals surface area contributed by atoms with Crippen molar-refractivity contribution in [3.63, 3.8) is 0 Å². The van der Waals surface area contributed by atoms with Gasteiger partial charge in [0, 0.05) is 50.2 Å². The minimum absolute atomic E-state index is 0.00753.